The maximum atomic E-state index is 2.78. The van der Waals surface area contributed by atoms with Gasteiger partial charge in [0.1, 0.15) is 0 Å². The van der Waals surface area contributed by atoms with E-state index < -0.39 is 0 Å². The van der Waals surface area contributed by atoms with E-state index in [-0.39, 0.29) is 0 Å². The molecule has 4 atom stereocenters. The molecule has 1 saturated carbocycles. The van der Waals surface area contributed by atoms with E-state index in [1.54, 1.807) is 0 Å². The molecule has 1 saturated heterocycles. The van der Waals surface area contributed by atoms with Gasteiger partial charge < -0.3 is 4.90 Å². The number of allylic oxidation sites excluding steroid dienone is 2. The Labute approximate surface area is 125 Å². The Balaban J connectivity index is 1.23. The second-order valence-electron chi connectivity index (χ2n) is 7.51. The maximum absolute atomic E-state index is 2.78. The number of nitrogens with zero attached hydrogens (tertiary/aromatic N) is 1. The molecule has 2 fully saturated rings. The van der Waals surface area contributed by atoms with Crippen molar-refractivity contribution in [2.24, 2.45) is 23.7 Å². The average molecular weight is 275 g/mol. The predicted octanol–water partition coefficient (Wildman–Crippen LogP) is 4.88. The zero-order valence-corrected chi connectivity index (χ0v) is 13.4. The van der Waals surface area contributed by atoms with Crippen molar-refractivity contribution in [1.29, 1.82) is 0 Å². The fourth-order valence-electron chi connectivity index (χ4n) is 4.89. The van der Waals surface area contributed by atoms with Crippen molar-refractivity contribution in [2.75, 3.05) is 19.6 Å². The van der Waals surface area contributed by atoms with Crippen molar-refractivity contribution in [3.8, 4) is 0 Å². The first-order chi connectivity index (χ1) is 9.88. The summed E-state index contributed by atoms with van der Waals surface area (Å²) in [7, 11) is 0. The molecule has 3 aliphatic rings. The van der Waals surface area contributed by atoms with Crippen LogP contribution in [0.1, 0.15) is 64.7 Å². The molecule has 20 heavy (non-hydrogen) atoms. The fraction of sp³-hybridized carbons (Fsp3) is 0.895. The molecular weight excluding hydrogens is 242 g/mol. The zero-order valence-electron chi connectivity index (χ0n) is 13.4. The highest BCUT2D eigenvalue weighted by molar-refractivity contribution is 5.16. The SMILES string of the molecule is CCCCCCCCCCN1C[C@@H]2[C@H](C1)[C@@H]1C=C[C@H]2C1. The number of fused-ring (bicyclic) bond motifs is 5. The van der Waals surface area contributed by atoms with Gasteiger partial charge in [0.15, 0.2) is 0 Å². The number of unbranched alkanes of at least 4 members (excludes halogenated alkanes) is 7. The second kappa shape index (κ2) is 7.11. The highest BCUT2D eigenvalue weighted by Crippen LogP contribution is 2.51. The molecule has 0 amide bonds. The van der Waals surface area contributed by atoms with Crippen molar-refractivity contribution < 1.29 is 0 Å². The molecule has 1 heterocycles. The third-order valence-electron chi connectivity index (χ3n) is 6.07. The first-order valence-electron chi connectivity index (χ1n) is 9.29. The van der Waals surface area contributed by atoms with Gasteiger partial charge in [-0.2, -0.15) is 0 Å². The molecular formula is C19H33N. The molecule has 0 N–H and O–H groups in total. The van der Waals surface area contributed by atoms with Crippen LogP contribution < -0.4 is 0 Å². The van der Waals surface area contributed by atoms with E-state index in [1.807, 2.05) is 0 Å². The lowest BCUT2D eigenvalue weighted by Gasteiger charge is -2.17. The summed E-state index contributed by atoms with van der Waals surface area (Å²) in [5, 5.41) is 0. The quantitative estimate of drug-likeness (QED) is 0.428. The van der Waals surface area contributed by atoms with Gasteiger partial charge in [-0.25, -0.2) is 0 Å². The molecule has 0 unspecified atom stereocenters. The second-order valence-corrected chi connectivity index (χ2v) is 7.51. The van der Waals surface area contributed by atoms with Crippen molar-refractivity contribution in [3.63, 3.8) is 0 Å². The highest BCUT2D eigenvalue weighted by Gasteiger charge is 2.48. The van der Waals surface area contributed by atoms with E-state index in [9.17, 15) is 0 Å². The molecule has 3 rings (SSSR count). The number of rotatable bonds is 9. The lowest BCUT2D eigenvalue weighted by atomic mass is 9.86. The third-order valence-corrected chi connectivity index (χ3v) is 6.07. The van der Waals surface area contributed by atoms with E-state index in [4.69, 9.17) is 0 Å². The van der Waals surface area contributed by atoms with E-state index in [2.05, 4.69) is 24.0 Å². The van der Waals surface area contributed by atoms with Crippen molar-refractivity contribution >= 4 is 0 Å². The number of hydrogen-bond donors (Lipinski definition) is 0. The van der Waals surface area contributed by atoms with Gasteiger partial charge in [0.25, 0.3) is 0 Å². The van der Waals surface area contributed by atoms with E-state index >= 15 is 0 Å². The van der Waals surface area contributed by atoms with Crippen molar-refractivity contribution in [3.05, 3.63) is 12.2 Å². The lowest BCUT2D eigenvalue weighted by molar-refractivity contribution is 0.291. The molecule has 114 valence electrons. The van der Waals surface area contributed by atoms with Gasteiger partial charge in [-0.1, -0.05) is 64.0 Å². The van der Waals surface area contributed by atoms with E-state index in [1.165, 1.54) is 77.4 Å². The Morgan fingerprint density at radius 1 is 0.800 bits per heavy atom. The molecule has 1 heteroatoms. The molecule has 0 aromatic rings. The summed E-state index contributed by atoms with van der Waals surface area (Å²) in [6.07, 6.45) is 18.1. The van der Waals surface area contributed by atoms with Gasteiger partial charge in [-0.3, -0.25) is 0 Å². The minimum atomic E-state index is 0.952. The number of hydrogen-bond acceptors (Lipinski definition) is 1. The van der Waals surface area contributed by atoms with Crippen molar-refractivity contribution in [2.45, 2.75) is 64.7 Å². The van der Waals surface area contributed by atoms with E-state index in [0.29, 0.717) is 0 Å². The summed E-state index contributed by atoms with van der Waals surface area (Å²) in [5.41, 5.74) is 0. The Morgan fingerprint density at radius 3 is 1.95 bits per heavy atom. The molecule has 1 nitrogen and oxygen atoms in total. The summed E-state index contributed by atoms with van der Waals surface area (Å²) in [6, 6.07) is 0. The Hall–Kier alpha value is -0.300. The third kappa shape index (κ3) is 3.30. The average Bonchev–Trinajstić information content (AvgIpc) is 3.13. The van der Waals surface area contributed by atoms with Crippen LogP contribution in [0.5, 0.6) is 0 Å². The van der Waals surface area contributed by atoms with Crippen LogP contribution in [-0.4, -0.2) is 24.5 Å². The smallest absolute Gasteiger partial charge is 0.00188 e. The Morgan fingerprint density at radius 2 is 1.35 bits per heavy atom. The predicted molar refractivity (Wildman–Crippen MR) is 86.8 cm³/mol. The summed E-state index contributed by atoms with van der Waals surface area (Å²) in [5.74, 6) is 3.96. The molecule has 0 aromatic heterocycles. The standard InChI is InChI=1S/C19H33N/c1-2-3-4-5-6-7-8-9-12-20-14-18-16-10-11-17(13-16)19(18)15-20/h10-11,16-19H,2-9,12-15H2,1H3/t16-,17+,18-,19+. The first-order valence-corrected chi connectivity index (χ1v) is 9.29. The monoisotopic (exact) mass is 275 g/mol. The summed E-state index contributed by atoms with van der Waals surface area (Å²) < 4.78 is 0. The van der Waals surface area contributed by atoms with Gasteiger partial charge in [0, 0.05) is 13.1 Å². The van der Waals surface area contributed by atoms with Crippen LogP contribution in [-0.2, 0) is 0 Å². The largest absolute Gasteiger partial charge is 0.303 e. The summed E-state index contributed by atoms with van der Waals surface area (Å²) >= 11 is 0. The topological polar surface area (TPSA) is 3.24 Å². The molecule has 1 aliphatic heterocycles. The van der Waals surface area contributed by atoms with Gasteiger partial charge in [0.2, 0.25) is 0 Å². The molecule has 2 bridgehead atoms. The van der Waals surface area contributed by atoms with Crippen molar-refractivity contribution in [1.82, 2.24) is 4.90 Å². The van der Waals surface area contributed by atoms with Crippen LogP contribution in [0.15, 0.2) is 12.2 Å². The van der Waals surface area contributed by atoms with Crippen LogP contribution >= 0.6 is 0 Å². The molecule has 0 radical (unpaired) electrons. The Kier molecular flexibility index (Phi) is 5.20. The summed E-state index contributed by atoms with van der Waals surface area (Å²) in [4.78, 5) is 2.78. The normalized spacial score (nSPS) is 35.0. The van der Waals surface area contributed by atoms with Gasteiger partial charge in [0.05, 0.1) is 0 Å². The summed E-state index contributed by atoms with van der Waals surface area (Å²) in [6.45, 7) is 6.49. The van der Waals surface area contributed by atoms with Crippen LogP contribution in [0, 0.1) is 23.7 Å². The van der Waals surface area contributed by atoms with E-state index in [0.717, 1.165) is 23.7 Å². The van der Waals surface area contributed by atoms with Gasteiger partial charge in [-0.05, 0) is 43.1 Å². The van der Waals surface area contributed by atoms with Crippen LogP contribution in [0.25, 0.3) is 0 Å². The Bertz CT molecular complexity index is 302. The molecule has 0 spiro atoms. The maximum Gasteiger partial charge on any atom is 0.00188 e. The van der Waals surface area contributed by atoms with Gasteiger partial charge >= 0.3 is 0 Å². The molecule has 2 aliphatic carbocycles. The first kappa shape index (κ1) is 14.6. The lowest BCUT2D eigenvalue weighted by Crippen LogP contribution is -2.24. The van der Waals surface area contributed by atoms with Gasteiger partial charge in [-0.15, -0.1) is 0 Å². The molecule has 0 aromatic carbocycles. The fourth-order valence-corrected chi connectivity index (χ4v) is 4.89. The number of likely N-dealkylation sites (tertiary alicyclic amines) is 1. The highest BCUT2D eigenvalue weighted by atomic mass is 15.2. The zero-order chi connectivity index (χ0) is 13.8. The van der Waals surface area contributed by atoms with Crippen LogP contribution in [0.4, 0.5) is 0 Å². The minimum Gasteiger partial charge on any atom is -0.303 e. The van der Waals surface area contributed by atoms with Crippen LogP contribution in [0.3, 0.4) is 0 Å². The van der Waals surface area contributed by atoms with Crippen LogP contribution in [0.2, 0.25) is 0 Å². The minimum absolute atomic E-state index is 0.952.